The third-order valence-electron chi connectivity index (χ3n) is 7.56. The number of ether oxygens (including phenoxy) is 4. The fourth-order valence-electron chi connectivity index (χ4n) is 6.05. The van der Waals surface area contributed by atoms with E-state index in [4.69, 9.17) is 18.9 Å². The first kappa shape index (κ1) is 20.5. The summed E-state index contributed by atoms with van der Waals surface area (Å²) in [6.07, 6.45) is 9.41. The lowest BCUT2D eigenvalue weighted by Crippen LogP contribution is -2.61. The molecular formula is C21H39NO4. The molecule has 0 radical (unpaired) electrons. The normalized spacial score (nSPS) is 44.7. The van der Waals surface area contributed by atoms with Crippen LogP contribution in [0.15, 0.2) is 0 Å². The molecule has 2 saturated carbocycles. The Bertz CT molecular complexity index is 426. The van der Waals surface area contributed by atoms with Crippen molar-refractivity contribution in [1.29, 1.82) is 0 Å². The van der Waals surface area contributed by atoms with Gasteiger partial charge in [0.05, 0.1) is 18.3 Å². The highest BCUT2D eigenvalue weighted by Gasteiger charge is 2.51. The second-order valence-corrected chi connectivity index (χ2v) is 8.70. The van der Waals surface area contributed by atoms with Crippen LogP contribution < -0.4 is 0 Å². The van der Waals surface area contributed by atoms with Crippen LogP contribution >= 0.6 is 0 Å². The minimum atomic E-state index is 0.0319. The standard InChI is InChI=1S/C21H39NO4/c1-22-11-10-15-13-18(24-3)20(25-4)21(26-5)19(15)17(22)12-14-6-8-16(23-2)9-7-14/h14-21H,6-13H2,1-5H3. The molecule has 26 heavy (non-hydrogen) atoms. The van der Waals surface area contributed by atoms with E-state index in [1.54, 1.807) is 7.11 Å². The van der Waals surface area contributed by atoms with Gasteiger partial charge < -0.3 is 23.8 Å². The predicted molar refractivity (Wildman–Crippen MR) is 102 cm³/mol. The number of piperidine rings is 1. The zero-order valence-corrected chi connectivity index (χ0v) is 17.4. The van der Waals surface area contributed by atoms with E-state index in [1.165, 1.54) is 45.1 Å². The first-order chi connectivity index (χ1) is 12.6. The van der Waals surface area contributed by atoms with Gasteiger partial charge in [-0.1, -0.05) is 0 Å². The van der Waals surface area contributed by atoms with Crippen LogP contribution in [-0.4, -0.2) is 77.4 Å². The summed E-state index contributed by atoms with van der Waals surface area (Å²) < 4.78 is 23.3. The van der Waals surface area contributed by atoms with Crippen LogP contribution in [0.3, 0.4) is 0 Å². The minimum Gasteiger partial charge on any atom is -0.381 e. The van der Waals surface area contributed by atoms with Gasteiger partial charge in [0.15, 0.2) is 0 Å². The Morgan fingerprint density at radius 3 is 2.08 bits per heavy atom. The molecule has 1 aliphatic heterocycles. The van der Waals surface area contributed by atoms with Crippen molar-refractivity contribution in [2.75, 3.05) is 42.0 Å². The average molecular weight is 370 g/mol. The number of hydrogen-bond acceptors (Lipinski definition) is 5. The third-order valence-corrected chi connectivity index (χ3v) is 7.56. The Balaban J connectivity index is 1.73. The molecule has 3 rings (SSSR count). The molecule has 6 atom stereocenters. The molecule has 5 heteroatoms. The summed E-state index contributed by atoms with van der Waals surface area (Å²) in [6.45, 7) is 1.18. The minimum absolute atomic E-state index is 0.0319. The lowest BCUT2D eigenvalue weighted by Gasteiger charge is -2.54. The summed E-state index contributed by atoms with van der Waals surface area (Å²) in [5.74, 6) is 2.02. The van der Waals surface area contributed by atoms with E-state index in [-0.39, 0.29) is 18.3 Å². The van der Waals surface area contributed by atoms with Gasteiger partial charge in [0.1, 0.15) is 6.10 Å². The lowest BCUT2D eigenvalue weighted by molar-refractivity contribution is -0.188. The van der Waals surface area contributed by atoms with Crippen molar-refractivity contribution in [3.05, 3.63) is 0 Å². The summed E-state index contributed by atoms with van der Waals surface area (Å²) in [7, 11) is 9.62. The van der Waals surface area contributed by atoms with Crippen molar-refractivity contribution in [3.8, 4) is 0 Å². The van der Waals surface area contributed by atoms with Crippen LogP contribution in [0, 0.1) is 17.8 Å². The van der Waals surface area contributed by atoms with E-state index in [2.05, 4.69) is 11.9 Å². The molecule has 0 spiro atoms. The van der Waals surface area contributed by atoms with Gasteiger partial charge in [0, 0.05) is 40.4 Å². The maximum absolute atomic E-state index is 6.05. The van der Waals surface area contributed by atoms with E-state index < -0.39 is 0 Å². The Hall–Kier alpha value is -0.200. The maximum atomic E-state index is 6.05. The summed E-state index contributed by atoms with van der Waals surface area (Å²) >= 11 is 0. The summed E-state index contributed by atoms with van der Waals surface area (Å²) in [5.41, 5.74) is 0. The van der Waals surface area contributed by atoms with Gasteiger partial charge in [-0.15, -0.1) is 0 Å². The molecule has 6 unspecified atom stereocenters. The van der Waals surface area contributed by atoms with Crippen LogP contribution in [0.2, 0.25) is 0 Å². The maximum Gasteiger partial charge on any atom is 0.110 e. The molecule has 0 aromatic rings. The molecule has 0 amide bonds. The van der Waals surface area contributed by atoms with Gasteiger partial charge >= 0.3 is 0 Å². The first-order valence-electron chi connectivity index (χ1n) is 10.4. The molecular weight excluding hydrogens is 330 g/mol. The lowest BCUT2D eigenvalue weighted by atomic mass is 9.65. The molecule has 0 N–H and O–H groups in total. The van der Waals surface area contributed by atoms with Crippen LogP contribution in [0.1, 0.15) is 44.9 Å². The van der Waals surface area contributed by atoms with Gasteiger partial charge in [-0.25, -0.2) is 0 Å². The molecule has 2 aliphatic carbocycles. The number of nitrogens with zero attached hydrogens (tertiary/aromatic N) is 1. The van der Waals surface area contributed by atoms with Gasteiger partial charge in [0.2, 0.25) is 0 Å². The fourth-order valence-corrected chi connectivity index (χ4v) is 6.05. The number of methoxy groups -OCH3 is 4. The number of fused-ring (bicyclic) bond motifs is 1. The predicted octanol–water partition coefficient (Wildman–Crippen LogP) is 2.97. The zero-order chi connectivity index (χ0) is 18.7. The molecule has 3 fully saturated rings. The van der Waals surface area contributed by atoms with Gasteiger partial charge in [-0.3, -0.25) is 0 Å². The third kappa shape index (κ3) is 4.12. The second kappa shape index (κ2) is 9.33. The summed E-state index contributed by atoms with van der Waals surface area (Å²) in [4.78, 5) is 2.59. The Labute approximate surface area is 159 Å². The van der Waals surface area contributed by atoms with E-state index in [9.17, 15) is 0 Å². The molecule has 152 valence electrons. The summed E-state index contributed by atoms with van der Waals surface area (Å²) in [5, 5.41) is 0. The zero-order valence-electron chi connectivity index (χ0n) is 17.4. The highest BCUT2D eigenvalue weighted by atomic mass is 16.6. The highest BCUT2D eigenvalue weighted by molar-refractivity contribution is 5.02. The van der Waals surface area contributed by atoms with E-state index in [0.717, 1.165) is 12.3 Å². The Kier molecular flexibility index (Phi) is 7.37. The monoisotopic (exact) mass is 369 g/mol. The van der Waals surface area contributed by atoms with E-state index >= 15 is 0 Å². The number of hydrogen-bond donors (Lipinski definition) is 0. The average Bonchev–Trinajstić information content (AvgIpc) is 2.68. The van der Waals surface area contributed by atoms with Crippen molar-refractivity contribution in [2.24, 2.45) is 17.8 Å². The Morgan fingerprint density at radius 2 is 1.50 bits per heavy atom. The fraction of sp³-hybridized carbons (Fsp3) is 1.00. The topological polar surface area (TPSA) is 40.2 Å². The van der Waals surface area contributed by atoms with Crippen molar-refractivity contribution in [3.63, 3.8) is 0 Å². The molecule has 0 aromatic carbocycles. The van der Waals surface area contributed by atoms with E-state index in [0.29, 0.717) is 24.0 Å². The highest BCUT2D eigenvalue weighted by Crippen LogP contribution is 2.45. The number of likely N-dealkylation sites (tertiary alicyclic amines) is 1. The molecule has 0 aromatic heterocycles. The van der Waals surface area contributed by atoms with Gasteiger partial charge in [0.25, 0.3) is 0 Å². The SMILES string of the molecule is COC1CCC(CC2C3C(CCN2C)CC(OC)C(OC)C3OC)CC1. The first-order valence-corrected chi connectivity index (χ1v) is 10.4. The molecule has 1 heterocycles. The van der Waals surface area contributed by atoms with Crippen molar-refractivity contribution in [1.82, 2.24) is 4.90 Å². The van der Waals surface area contributed by atoms with Crippen LogP contribution in [0.4, 0.5) is 0 Å². The number of rotatable bonds is 6. The van der Waals surface area contributed by atoms with Gasteiger partial charge in [-0.2, -0.15) is 0 Å². The smallest absolute Gasteiger partial charge is 0.110 e. The van der Waals surface area contributed by atoms with Crippen LogP contribution in [0.5, 0.6) is 0 Å². The van der Waals surface area contributed by atoms with Crippen molar-refractivity contribution in [2.45, 2.75) is 75.4 Å². The van der Waals surface area contributed by atoms with Gasteiger partial charge in [-0.05, 0) is 70.4 Å². The van der Waals surface area contributed by atoms with Crippen molar-refractivity contribution >= 4 is 0 Å². The largest absolute Gasteiger partial charge is 0.381 e. The quantitative estimate of drug-likeness (QED) is 0.720. The molecule has 1 saturated heterocycles. The molecule has 0 bridgehead atoms. The van der Waals surface area contributed by atoms with Crippen LogP contribution in [-0.2, 0) is 18.9 Å². The molecule has 5 nitrogen and oxygen atoms in total. The van der Waals surface area contributed by atoms with E-state index in [1.807, 2.05) is 21.3 Å². The molecule has 3 aliphatic rings. The Morgan fingerprint density at radius 1 is 0.808 bits per heavy atom. The second-order valence-electron chi connectivity index (χ2n) is 8.70. The van der Waals surface area contributed by atoms with Crippen molar-refractivity contribution < 1.29 is 18.9 Å². The summed E-state index contributed by atoms with van der Waals surface area (Å²) in [6, 6.07) is 0.582. The van der Waals surface area contributed by atoms with Crippen LogP contribution in [0.25, 0.3) is 0 Å².